The maximum atomic E-state index is 11.8. The number of pyridine rings is 1. The third-order valence-corrected chi connectivity index (χ3v) is 6.33. The second kappa shape index (κ2) is 4.60. The van der Waals surface area contributed by atoms with Gasteiger partial charge in [0.15, 0.2) is 15.7 Å². The van der Waals surface area contributed by atoms with Crippen LogP contribution in [0.25, 0.3) is 21.7 Å². The highest BCUT2D eigenvalue weighted by atomic mass is 32.2. The van der Waals surface area contributed by atoms with E-state index in [9.17, 15) is 8.42 Å². The predicted octanol–water partition coefficient (Wildman–Crippen LogP) is 2.63. The number of fused-ring (bicyclic) bond motifs is 1. The first-order chi connectivity index (χ1) is 9.79. The molecule has 3 rings (SSSR count). The summed E-state index contributed by atoms with van der Waals surface area (Å²) in [6.45, 7) is 3.11. The highest BCUT2D eigenvalue weighted by Gasteiger charge is 2.37. The average Bonchev–Trinajstić information content (AvgIpc) is 3.05. The van der Waals surface area contributed by atoms with Crippen molar-refractivity contribution >= 4 is 31.4 Å². The Morgan fingerprint density at radius 3 is 2.81 bits per heavy atom. The lowest BCUT2D eigenvalue weighted by Gasteiger charge is -2.17. The van der Waals surface area contributed by atoms with Gasteiger partial charge in [0, 0.05) is 12.5 Å². The third-order valence-electron chi connectivity index (χ3n) is 3.44. The van der Waals surface area contributed by atoms with Gasteiger partial charge in [0.05, 0.1) is 15.8 Å². The van der Waals surface area contributed by atoms with E-state index in [1.807, 2.05) is 17.5 Å². The largest absolute Gasteiger partial charge is 0.334 e. The quantitative estimate of drug-likeness (QED) is 0.736. The van der Waals surface area contributed by atoms with Crippen molar-refractivity contribution in [3.05, 3.63) is 29.5 Å². The van der Waals surface area contributed by atoms with Crippen molar-refractivity contribution in [3.8, 4) is 11.5 Å². The number of nitrogens with zero attached hydrogens (tertiary/aromatic N) is 3. The van der Waals surface area contributed by atoms with E-state index < -0.39 is 14.6 Å². The van der Waals surface area contributed by atoms with Gasteiger partial charge in [-0.15, -0.1) is 11.3 Å². The molecule has 0 aliphatic rings. The van der Waals surface area contributed by atoms with Crippen LogP contribution in [-0.4, -0.2) is 29.8 Å². The van der Waals surface area contributed by atoms with Gasteiger partial charge in [-0.05, 0) is 31.4 Å². The van der Waals surface area contributed by atoms with Crippen LogP contribution in [0.5, 0.6) is 0 Å². The molecule has 0 radical (unpaired) electrons. The maximum absolute atomic E-state index is 11.8. The normalized spacial score (nSPS) is 12.9. The van der Waals surface area contributed by atoms with Gasteiger partial charge in [-0.3, -0.25) is 4.98 Å². The summed E-state index contributed by atoms with van der Waals surface area (Å²) in [6.07, 6.45) is 2.79. The molecule has 3 heterocycles. The van der Waals surface area contributed by atoms with E-state index in [2.05, 4.69) is 15.1 Å². The molecule has 0 unspecified atom stereocenters. The Bertz CT molecular complexity index is 910. The van der Waals surface area contributed by atoms with Gasteiger partial charge in [-0.2, -0.15) is 4.98 Å². The van der Waals surface area contributed by atoms with E-state index in [0.717, 1.165) is 16.5 Å². The molecule has 21 heavy (non-hydrogen) atoms. The number of hydrogen-bond donors (Lipinski definition) is 0. The summed E-state index contributed by atoms with van der Waals surface area (Å²) in [5.41, 5.74) is 1.58. The first-order valence-electron chi connectivity index (χ1n) is 6.16. The highest BCUT2D eigenvalue weighted by molar-refractivity contribution is 7.91. The van der Waals surface area contributed by atoms with E-state index in [1.165, 1.54) is 0 Å². The zero-order chi connectivity index (χ0) is 15.3. The molecule has 0 atom stereocenters. The van der Waals surface area contributed by atoms with Crippen LogP contribution in [0.15, 0.2) is 28.2 Å². The monoisotopic (exact) mass is 323 g/mol. The van der Waals surface area contributed by atoms with Gasteiger partial charge in [0.1, 0.15) is 4.75 Å². The lowest BCUT2D eigenvalue weighted by molar-refractivity contribution is 0.413. The van der Waals surface area contributed by atoms with Gasteiger partial charge >= 0.3 is 0 Å². The minimum Gasteiger partial charge on any atom is -0.334 e. The second-order valence-electron chi connectivity index (χ2n) is 5.23. The van der Waals surface area contributed by atoms with Crippen LogP contribution in [0.3, 0.4) is 0 Å². The second-order valence-corrected chi connectivity index (χ2v) is 8.75. The summed E-state index contributed by atoms with van der Waals surface area (Å²) >= 11 is 1.56. The van der Waals surface area contributed by atoms with E-state index in [4.69, 9.17) is 4.52 Å². The van der Waals surface area contributed by atoms with E-state index in [-0.39, 0.29) is 11.7 Å². The molecule has 6 nitrogen and oxygen atoms in total. The molecular formula is C13H13N3O3S2. The number of hydrogen-bond acceptors (Lipinski definition) is 7. The molecule has 0 aliphatic heterocycles. The topological polar surface area (TPSA) is 85.9 Å². The fourth-order valence-electron chi connectivity index (χ4n) is 1.71. The Kier molecular flexibility index (Phi) is 3.10. The van der Waals surface area contributed by atoms with Crippen LogP contribution >= 0.6 is 11.3 Å². The van der Waals surface area contributed by atoms with Crippen LogP contribution in [0, 0.1) is 0 Å². The maximum Gasteiger partial charge on any atom is 0.259 e. The van der Waals surface area contributed by atoms with Gasteiger partial charge in [0.2, 0.25) is 0 Å². The molecule has 0 saturated carbocycles. The average molecular weight is 323 g/mol. The first kappa shape index (κ1) is 14.2. The number of rotatable bonds is 3. The molecule has 0 aromatic carbocycles. The summed E-state index contributed by atoms with van der Waals surface area (Å²) in [5.74, 6) is 0.413. The molecule has 0 saturated heterocycles. The molecule has 8 heteroatoms. The molecule has 0 fully saturated rings. The number of thiophene rings is 1. The molecule has 0 bridgehead atoms. The molecule has 3 aromatic heterocycles. The third kappa shape index (κ3) is 2.34. The molecule has 0 aliphatic carbocycles. The molecule has 0 spiro atoms. The molecule has 3 aromatic rings. The molecule has 0 amide bonds. The number of aromatic nitrogens is 3. The summed E-state index contributed by atoms with van der Waals surface area (Å²) in [5, 5.41) is 5.76. The summed E-state index contributed by atoms with van der Waals surface area (Å²) in [7, 11) is -3.35. The zero-order valence-corrected chi connectivity index (χ0v) is 13.3. The Morgan fingerprint density at radius 1 is 1.33 bits per heavy atom. The van der Waals surface area contributed by atoms with E-state index in [1.54, 1.807) is 31.4 Å². The van der Waals surface area contributed by atoms with Gasteiger partial charge in [0.25, 0.3) is 5.89 Å². The SMILES string of the molecule is CC(C)(c1noc(-c2cnc3ccsc3c2)n1)S(C)(=O)=O. The Hall–Kier alpha value is -1.80. The van der Waals surface area contributed by atoms with Crippen molar-refractivity contribution in [2.45, 2.75) is 18.6 Å². The predicted molar refractivity (Wildman–Crippen MR) is 80.8 cm³/mol. The lowest BCUT2D eigenvalue weighted by atomic mass is 10.2. The Balaban J connectivity index is 2.05. The van der Waals surface area contributed by atoms with Crippen molar-refractivity contribution in [2.75, 3.05) is 6.26 Å². The van der Waals surface area contributed by atoms with Crippen LogP contribution in [0.1, 0.15) is 19.7 Å². The van der Waals surface area contributed by atoms with Crippen LogP contribution in [-0.2, 0) is 14.6 Å². The van der Waals surface area contributed by atoms with E-state index in [0.29, 0.717) is 5.56 Å². The molecular weight excluding hydrogens is 310 g/mol. The number of sulfone groups is 1. The van der Waals surface area contributed by atoms with Crippen LogP contribution in [0.4, 0.5) is 0 Å². The standard InChI is InChI=1S/C13H13N3O3S2/c1-13(2,21(3,17)18)12-15-11(19-16-12)8-6-10-9(14-7-8)4-5-20-10/h4-7H,1-3H3. The Labute approximate surface area is 125 Å². The van der Waals surface area contributed by atoms with Gasteiger partial charge in [-0.25, -0.2) is 8.42 Å². The molecule has 0 N–H and O–H groups in total. The summed E-state index contributed by atoms with van der Waals surface area (Å²) < 4.78 is 28.6. The van der Waals surface area contributed by atoms with Crippen LogP contribution < -0.4 is 0 Å². The fourth-order valence-corrected chi connectivity index (χ4v) is 2.91. The minimum absolute atomic E-state index is 0.145. The van der Waals surface area contributed by atoms with Crippen molar-refractivity contribution in [1.82, 2.24) is 15.1 Å². The smallest absolute Gasteiger partial charge is 0.259 e. The minimum atomic E-state index is -3.35. The summed E-state index contributed by atoms with van der Waals surface area (Å²) in [6, 6.07) is 3.83. The van der Waals surface area contributed by atoms with Crippen molar-refractivity contribution < 1.29 is 12.9 Å². The van der Waals surface area contributed by atoms with E-state index >= 15 is 0 Å². The fraction of sp³-hybridized carbons (Fsp3) is 0.308. The zero-order valence-electron chi connectivity index (χ0n) is 11.7. The Morgan fingerprint density at radius 2 is 2.10 bits per heavy atom. The van der Waals surface area contributed by atoms with Gasteiger partial charge < -0.3 is 4.52 Å². The molecule has 110 valence electrons. The van der Waals surface area contributed by atoms with Crippen LogP contribution in [0.2, 0.25) is 0 Å². The summed E-state index contributed by atoms with van der Waals surface area (Å²) in [4.78, 5) is 8.52. The van der Waals surface area contributed by atoms with Crippen molar-refractivity contribution in [3.63, 3.8) is 0 Å². The van der Waals surface area contributed by atoms with Crippen molar-refractivity contribution in [1.29, 1.82) is 0 Å². The van der Waals surface area contributed by atoms with Crippen molar-refractivity contribution in [2.24, 2.45) is 0 Å². The highest BCUT2D eigenvalue weighted by Crippen LogP contribution is 2.30. The first-order valence-corrected chi connectivity index (χ1v) is 8.93. The lowest BCUT2D eigenvalue weighted by Crippen LogP contribution is -2.29. The van der Waals surface area contributed by atoms with Gasteiger partial charge in [-0.1, -0.05) is 5.16 Å².